The lowest BCUT2D eigenvalue weighted by Crippen LogP contribution is -2.45. The number of hydrogen-bond acceptors (Lipinski definition) is 3. The summed E-state index contributed by atoms with van der Waals surface area (Å²) in [5.74, 6) is -0.947. The molecule has 1 aliphatic heterocycles. The zero-order valence-electron chi connectivity index (χ0n) is 14.6. The Labute approximate surface area is 163 Å². The third-order valence-corrected chi connectivity index (χ3v) is 6.72. The van der Waals surface area contributed by atoms with Crippen LogP contribution in [-0.4, -0.2) is 31.7 Å². The Balaban J connectivity index is 1.63. The van der Waals surface area contributed by atoms with Crippen LogP contribution in [-0.2, 0) is 21.4 Å². The average Bonchev–Trinajstić information content (AvgIpc) is 2.68. The van der Waals surface area contributed by atoms with Gasteiger partial charge in [-0.25, -0.2) is 12.8 Å². The lowest BCUT2D eigenvalue weighted by molar-refractivity contribution is -0.126. The van der Waals surface area contributed by atoms with Gasteiger partial charge >= 0.3 is 0 Å². The maximum Gasteiger partial charge on any atom is 0.243 e. The van der Waals surface area contributed by atoms with Crippen molar-refractivity contribution < 1.29 is 17.6 Å². The number of nitrogens with one attached hydrogen (secondary N) is 1. The van der Waals surface area contributed by atoms with E-state index in [9.17, 15) is 17.6 Å². The van der Waals surface area contributed by atoms with Crippen molar-refractivity contribution in [3.05, 3.63) is 64.9 Å². The maximum atomic E-state index is 12.9. The van der Waals surface area contributed by atoms with Crippen molar-refractivity contribution in [3.8, 4) is 0 Å². The molecule has 3 rings (SSSR count). The number of nitrogens with zero attached hydrogens (tertiary/aromatic N) is 1. The second-order valence-electron chi connectivity index (χ2n) is 6.50. The van der Waals surface area contributed by atoms with Gasteiger partial charge in [0.05, 0.1) is 10.8 Å². The van der Waals surface area contributed by atoms with Crippen LogP contribution in [0.3, 0.4) is 0 Å². The fourth-order valence-electron chi connectivity index (χ4n) is 3.07. The Hall–Kier alpha value is -1.96. The maximum absolute atomic E-state index is 12.9. The Bertz CT molecular complexity index is 902. The van der Waals surface area contributed by atoms with E-state index in [0.29, 0.717) is 24.4 Å². The van der Waals surface area contributed by atoms with Gasteiger partial charge in [0.25, 0.3) is 0 Å². The molecule has 144 valence electrons. The van der Waals surface area contributed by atoms with Crippen molar-refractivity contribution in [3.63, 3.8) is 0 Å². The lowest BCUT2D eigenvalue weighted by Gasteiger charge is -2.31. The van der Waals surface area contributed by atoms with E-state index >= 15 is 0 Å². The molecule has 8 heteroatoms. The van der Waals surface area contributed by atoms with Gasteiger partial charge in [0.2, 0.25) is 15.9 Å². The Kier molecular flexibility index (Phi) is 6.14. The molecule has 0 radical (unpaired) electrons. The van der Waals surface area contributed by atoms with E-state index in [1.807, 2.05) is 0 Å². The minimum absolute atomic E-state index is 0.139. The molecule has 1 amide bonds. The van der Waals surface area contributed by atoms with Gasteiger partial charge in [0.15, 0.2) is 0 Å². The van der Waals surface area contributed by atoms with Gasteiger partial charge in [-0.3, -0.25) is 4.79 Å². The molecule has 1 saturated heterocycles. The molecule has 2 aromatic carbocycles. The molecule has 1 fully saturated rings. The van der Waals surface area contributed by atoms with E-state index in [0.717, 1.165) is 5.56 Å². The van der Waals surface area contributed by atoms with Crippen LogP contribution in [0.4, 0.5) is 4.39 Å². The van der Waals surface area contributed by atoms with Crippen LogP contribution in [0.15, 0.2) is 53.4 Å². The van der Waals surface area contributed by atoms with Crippen molar-refractivity contribution in [2.24, 2.45) is 5.92 Å². The van der Waals surface area contributed by atoms with Gasteiger partial charge in [0, 0.05) is 24.7 Å². The number of sulfonamides is 1. The second-order valence-corrected chi connectivity index (χ2v) is 8.87. The fraction of sp³-hybridized carbons (Fsp3) is 0.316. The van der Waals surface area contributed by atoms with E-state index in [1.54, 1.807) is 12.1 Å². The minimum atomic E-state index is -3.66. The van der Waals surface area contributed by atoms with Gasteiger partial charge in [-0.05, 0) is 54.8 Å². The van der Waals surface area contributed by atoms with E-state index < -0.39 is 15.9 Å². The molecule has 5 nitrogen and oxygen atoms in total. The first kappa shape index (κ1) is 19.8. The summed E-state index contributed by atoms with van der Waals surface area (Å²) in [5, 5.41) is 3.27. The number of piperidine rings is 1. The molecule has 0 unspecified atom stereocenters. The molecular formula is C19H20ClFN2O3S. The fourth-order valence-corrected chi connectivity index (χ4v) is 4.72. The first-order chi connectivity index (χ1) is 12.9. The number of benzene rings is 2. The summed E-state index contributed by atoms with van der Waals surface area (Å²) in [6.45, 7) is 0.798. The van der Waals surface area contributed by atoms with E-state index in [4.69, 9.17) is 11.6 Å². The zero-order valence-corrected chi connectivity index (χ0v) is 16.1. The highest BCUT2D eigenvalue weighted by Crippen LogP contribution is 2.25. The molecule has 1 heterocycles. The first-order valence-corrected chi connectivity index (χ1v) is 10.5. The largest absolute Gasteiger partial charge is 0.352 e. The van der Waals surface area contributed by atoms with Gasteiger partial charge in [0.1, 0.15) is 5.82 Å². The number of carbonyl (C=O) groups excluding carboxylic acids is 1. The molecule has 1 aliphatic rings. The highest BCUT2D eigenvalue weighted by atomic mass is 35.5. The molecule has 0 bridgehead atoms. The van der Waals surface area contributed by atoms with Crippen LogP contribution >= 0.6 is 11.6 Å². The molecule has 0 aromatic heterocycles. The molecule has 0 saturated carbocycles. The summed E-state index contributed by atoms with van der Waals surface area (Å²) >= 11 is 5.82. The molecule has 1 atom stereocenters. The minimum Gasteiger partial charge on any atom is -0.352 e. The topological polar surface area (TPSA) is 66.5 Å². The number of halogens is 2. The van der Waals surface area contributed by atoms with Gasteiger partial charge in [-0.2, -0.15) is 4.31 Å². The van der Waals surface area contributed by atoms with Crippen molar-refractivity contribution in [1.29, 1.82) is 0 Å². The summed E-state index contributed by atoms with van der Waals surface area (Å²) in [4.78, 5) is 12.6. The summed E-state index contributed by atoms with van der Waals surface area (Å²) in [6, 6.07) is 11.9. The van der Waals surface area contributed by atoms with E-state index in [1.165, 1.54) is 40.7 Å². The third-order valence-electron chi connectivity index (χ3n) is 4.59. The van der Waals surface area contributed by atoms with Crippen LogP contribution in [0.25, 0.3) is 0 Å². The molecule has 0 spiro atoms. The highest BCUT2D eigenvalue weighted by Gasteiger charge is 2.33. The first-order valence-electron chi connectivity index (χ1n) is 8.64. The van der Waals surface area contributed by atoms with E-state index in [-0.39, 0.29) is 29.7 Å². The monoisotopic (exact) mass is 410 g/mol. The molecule has 2 aromatic rings. The van der Waals surface area contributed by atoms with Crippen LogP contribution in [0, 0.1) is 11.7 Å². The van der Waals surface area contributed by atoms with Crippen molar-refractivity contribution in [2.75, 3.05) is 13.1 Å². The Morgan fingerprint density at radius 1 is 1.15 bits per heavy atom. The number of carbonyl (C=O) groups is 1. The van der Waals surface area contributed by atoms with Crippen molar-refractivity contribution >= 4 is 27.5 Å². The number of hydrogen-bond donors (Lipinski definition) is 1. The normalized spacial score (nSPS) is 18.2. The SMILES string of the molecule is O=C(NCc1ccc(F)cc1)[C@H]1CCCN(S(=O)(=O)c2ccc(Cl)cc2)C1. The summed E-state index contributed by atoms with van der Waals surface area (Å²) in [7, 11) is -3.66. The molecular weight excluding hydrogens is 391 g/mol. The third kappa shape index (κ3) is 4.86. The van der Waals surface area contributed by atoms with Gasteiger partial charge in [-0.15, -0.1) is 0 Å². The standard InChI is InChI=1S/C19H20ClFN2O3S/c20-16-5-9-18(10-6-16)27(25,26)23-11-1-2-15(13-23)19(24)22-12-14-3-7-17(21)8-4-14/h3-10,15H,1-2,11-13H2,(H,22,24)/t15-/m0/s1. The highest BCUT2D eigenvalue weighted by molar-refractivity contribution is 7.89. The molecule has 0 aliphatic carbocycles. The second kappa shape index (κ2) is 8.37. The molecule has 27 heavy (non-hydrogen) atoms. The van der Waals surface area contributed by atoms with Gasteiger partial charge < -0.3 is 5.32 Å². The number of rotatable bonds is 5. The Morgan fingerprint density at radius 3 is 2.48 bits per heavy atom. The quantitative estimate of drug-likeness (QED) is 0.823. The van der Waals surface area contributed by atoms with Crippen LogP contribution in [0.1, 0.15) is 18.4 Å². The summed E-state index contributed by atoms with van der Waals surface area (Å²) in [5.41, 5.74) is 0.784. The summed E-state index contributed by atoms with van der Waals surface area (Å²) < 4.78 is 39.9. The lowest BCUT2D eigenvalue weighted by atomic mass is 9.99. The van der Waals surface area contributed by atoms with Crippen molar-refractivity contribution in [2.45, 2.75) is 24.3 Å². The van der Waals surface area contributed by atoms with E-state index in [2.05, 4.69) is 5.32 Å². The zero-order chi connectivity index (χ0) is 19.4. The Morgan fingerprint density at radius 2 is 1.81 bits per heavy atom. The summed E-state index contributed by atoms with van der Waals surface area (Å²) in [6.07, 6.45) is 1.24. The molecule has 1 N–H and O–H groups in total. The van der Waals surface area contributed by atoms with Crippen LogP contribution < -0.4 is 5.32 Å². The van der Waals surface area contributed by atoms with Crippen LogP contribution in [0.2, 0.25) is 5.02 Å². The van der Waals surface area contributed by atoms with Gasteiger partial charge in [-0.1, -0.05) is 23.7 Å². The van der Waals surface area contributed by atoms with Crippen molar-refractivity contribution in [1.82, 2.24) is 9.62 Å². The van der Waals surface area contributed by atoms with Crippen LogP contribution in [0.5, 0.6) is 0 Å². The average molecular weight is 411 g/mol. The number of amides is 1. The predicted molar refractivity (Wildman–Crippen MR) is 101 cm³/mol. The smallest absolute Gasteiger partial charge is 0.243 e. The predicted octanol–water partition coefficient (Wildman–Crippen LogP) is 3.20.